The zero-order valence-electron chi connectivity index (χ0n) is 13.4. The summed E-state index contributed by atoms with van der Waals surface area (Å²) in [6.07, 6.45) is 4.57. The normalized spacial score (nSPS) is 20.3. The number of likely N-dealkylation sites (tertiary alicyclic amines) is 1. The van der Waals surface area contributed by atoms with Crippen LogP contribution < -0.4 is 0 Å². The van der Waals surface area contributed by atoms with Crippen molar-refractivity contribution in [2.24, 2.45) is 0 Å². The predicted molar refractivity (Wildman–Crippen MR) is 89.3 cm³/mol. The molecule has 0 radical (unpaired) electrons. The van der Waals surface area contributed by atoms with Gasteiger partial charge >= 0.3 is 5.97 Å². The number of aromatic amines is 1. The molecular weight excluding hydrogens is 290 g/mol. The summed E-state index contributed by atoms with van der Waals surface area (Å²) in [6.45, 7) is 3.54. The summed E-state index contributed by atoms with van der Waals surface area (Å²) >= 11 is 0. The number of carboxylic acids is 1. The molecule has 0 amide bonds. The molecule has 0 spiro atoms. The third kappa shape index (κ3) is 3.45. The van der Waals surface area contributed by atoms with Crippen LogP contribution in [-0.4, -0.2) is 45.1 Å². The van der Waals surface area contributed by atoms with Gasteiger partial charge in [-0.25, -0.2) is 4.98 Å². The van der Waals surface area contributed by atoms with Gasteiger partial charge in [-0.05, 0) is 31.4 Å². The fourth-order valence-corrected chi connectivity index (χ4v) is 3.41. The lowest BCUT2D eigenvalue weighted by Crippen LogP contribution is -2.46. The van der Waals surface area contributed by atoms with Crippen LogP contribution in [0, 0.1) is 0 Å². The monoisotopic (exact) mass is 313 g/mol. The summed E-state index contributed by atoms with van der Waals surface area (Å²) in [5.41, 5.74) is 2.14. The van der Waals surface area contributed by atoms with Crippen LogP contribution in [0.3, 0.4) is 0 Å². The number of nitrogens with one attached hydrogen (secondary N) is 1. The number of aliphatic carboxylic acids is 1. The Bertz CT molecular complexity index is 653. The minimum absolute atomic E-state index is 0.273. The van der Waals surface area contributed by atoms with Gasteiger partial charge in [-0.15, -0.1) is 0 Å². The van der Waals surface area contributed by atoms with E-state index in [2.05, 4.69) is 27.0 Å². The Hall–Kier alpha value is -2.14. The van der Waals surface area contributed by atoms with Crippen LogP contribution in [0.5, 0.6) is 0 Å². The zero-order valence-corrected chi connectivity index (χ0v) is 13.4. The number of benzene rings is 1. The molecule has 0 bridgehead atoms. The summed E-state index contributed by atoms with van der Waals surface area (Å²) in [5, 5.41) is 9.37. The molecule has 122 valence electrons. The molecule has 1 aliphatic rings. The molecule has 1 fully saturated rings. The second-order valence-corrected chi connectivity index (χ2v) is 6.14. The van der Waals surface area contributed by atoms with Crippen LogP contribution in [0.1, 0.15) is 37.9 Å². The molecule has 2 N–H and O–H groups in total. The van der Waals surface area contributed by atoms with Crippen LogP contribution in [-0.2, 0) is 4.79 Å². The third-order valence-corrected chi connectivity index (χ3v) is 4.63. The molecule has 3 rings (SSSR count). The number of carboxylic acid groups (broad SMARTS) is 1. The van der Waals surface area contributed by atoms with Crippen molar-refractivity contribution in [1.29, 1.82) is 0 Å². The van der Waals surface area contributed by atoms with E-state index in [9.17, 15) is 9.90 Å². The molecule has 0 unspecified atom stereocenters. The quantitative estimate of drug-likeness (QED) is 0.890. The first-order chi connectivity index (χ1) is 11.2. The van der Waals surface area contributed by atoms with Crippen molar-refractivity contribution in [2.75, 3.05) is 13.1 Å². The van der Waals surface area contributed by atoms with E-state index in [-0.39, 0.29) is 12.0 Å². The first-order valence-electron chi connectivity index (χ1n) is 8.26. The molecule has 1 aliphatic heterocycles. The Morgan fingerprint density at radius 3 is 2.91 bits per heavy atom. The van der Waals surface area contributed by atoms with Crippen LogP contribution in [0.25, 0.3) is 11.3 Å². The number of hydrogen-bond acceptors (Lipinski definition) is 3. The second-order valence-electron chi connectivity index (χ2n) is 6.14. The Morgan fingerprint density at radius 1 is 1.43 bits per heavy atom. The maximum Gasteiger partial charge on any atom is 0.320 e. The van der Waals surface area contributed by atoms with Crippen molar-refractivity contribution in [2.45, 2.75) is 38.1 Å². The number of imidazole rings is 1. The highest BCUT2D eigenvalue weighted by Crippen LogP contribution is 2.28. The Balaban J connectivity index is 1.74. The number of aromatic nitrogens is 2. The fraction of sp³-hybridized carbons (Fsp3) is 0.444. The summed E-state index contributed by atoms with van der Waals surface area (Å²) in [4.78, 5) is 21.5. The van der Waals surface area contributed by atoms with Crippen molar-refractivity contribution in [3.63, 3.8) is 0 Å². The average Bonchev–Trinajstić information content (AvgIpc) is 3.06. The van der Waals surface area contributed by atoms with Crippen molar-refractivity contribution in [3.8, 4) is 11.3 Å². The minimum Gasteiger partial charge on any atom is -0.480 e. The maximum absolute atomic E-state index is 11.4. The van der Waals surface area contributed by atoms with Gasteiger partial charge in [0, 0.05) is 12.5 Å². The van der Waals surface area contributed by atoms with Crippen LogP contribution >= 0.6 is 0 Å². The molecular formula is C18H23N3O2. The lowest BCUT2D eigenvalue weighted by atomic mass is 9.95. The number of rotatable bonds is 5. The van der Waals surface area contributed by atoms with Crippen molar-refractivity contribution >= 4 is 5.97 Å². The van der Waals surface area contributed by atoms with Crippen molar-refractivity contribution in [1.82, 2.24) is 14.9 Å². The van der Waals surface area contributed by atoms with Gasteiger partial charge in [0.05, 0.1) is 11.9 Å². The SMILES string of the molecule is CC[C@H](C(=O)O)N1CCC[C@H](c2ncc(-c3ccccc3)[nH]2)C1. The highest BCUT2D eigenvalue weighted by molar-refractivity contribution is 5.73. The number of piperidine rings is 1. The molecule has 2 aromatic rings. The van der Waals surface area contributed by atoms with Crippen LogP contribution in [0.15, 0.2) is 36.5 Å². The summed E-state index contributed by atoms with van der Waals surface area (Å²) < 4.78 is 0. The molecule has 0 aliphatic carbocycles. The van der Waals surface area contributed by atoms with E-state index >= 15 is 0 Å². The summed E-state index contributed by atoms with van der Waals surface area (Å²) in [7, 11) is 0. The van der Waals surface area contributed by atoms with Gasteiger partial charge in [-0.2, -0.15) is 0 Å². The topological polar surface area (TPSA) is 69.2 Å². The average molecular weight is 313 g/mol. The summed E-state index contributed by atoms with van der Waals surface area (Å²) in [6, 6.07) is 9.75. The number of H-pyrrole nitrogens is 1. The third-order valence-electron chi connectivity index (χ3n) is 4.63. The molecule has 1 aromatic carbocycles. The summed E-state index contributed by atoms with van der Waals surface area (Å²) in [5.74, 6) is 0.515. The fourth-order valence-electron chi connectivity index (χ4n) is 3.41. The van der Waals surface area contributed by atoms with Crippen molar-refractivity contribution < 1.29 is 9.90 Å². The van der Waals surface area contributed by atoms with E-state index in [4.69, 9.17) is 0 Å². The van der Waals surface area contributed by atoms with E-state index < -0.39 is 5.97 Å². The largest absolute Gasteiger partial charge is 0.480 e. The first kappa shape index (κ1) is 15.7. The van der Waals surface area contributed by atoms with E-state index in [1.807, 2.05) is 31.3 Å². The molecule has 2 atom stereocenters. The van der Waals surface area contributed by atoms with E-state index in [1.165, 1.54) is 0 Å². The standard InChI is InChI=1S/C18H23N3O2/c1-2-16(18(22)23)21-10-6-9-14(12-21)17-19-11-15(20-17)13-7-4-3-5-8-13/h3-5,7-8,11,14,16H,2,6,9-10,12H2,1H3,(H,19,20)(H,22,23)/t14-,16+/m0/s1. The molecule has 0 saturated carbocycles. The second kappa shape index (κ2) is 6.96. The van der Waals surface area contributed by atoms with Gasteiger partial charge < -0.3 is 10.1 Å². The Labute approximate surface area is 136 Å². The number of hydrogen-bond donors (Lipinski definition) is 2. The van der Waals surface area contributed by atoms with Gasteiger partial charge in [0.15, 0.2) is 0 Å². The Morgan fingerprint density at radius 2 is 2.22 bits per heavy atom. The lowest BCUT2D eigenvalue weighted by molar-refractivity contribution is -0.144. The number of nitrogens with zero attached hydrogens (tertiary/aromatic N) is 2. The van der Waals surface area contributed by atoms with Gasteiger partial charge in [0.2, 0.25) is 0 Å². The van der Waals surface area contributed by atoms with Gasteiger partial charge in [0.25, 0.3) is 0 Å². The molecule has 23 heavy (non-hydrogen) atoms. The molecule has 5 heteroatoms. The van der Waals surface area contributed by atoms with Crippen LogP contribution in [0.2, 0.25) is 0 Å². The smallest absolute Gasteiger partial charge is 0.320 e. The molecule has 5 nitrogen and oxygen atoms in total. The lowest BCUT2D eigenvalue weighted by Gasteiger charge is -2.35. The molecule has 1 aromatic heterocycles. The van der Waals surface area contributed by atoms with Gasteiger partial charge in [0.1, 0.15) is 11.9 Å². The Kier molecular flexibility index (Phi) is 4.76. The first-order valence-corrected chi connectivity index (χ1v) is 8.26. The molecule has 1 saturated heterocycles. The van der Waals surface area contributed by atoms with Crippen LogP contribution in [0.4, 0.5) is 0 Å². The van der Waals surface area contributed by atoms with Crippen molar-refractivity contribution in [3.05, 3.63) is 42.4 Å². The minimum atomic E-state index is -0.724. The highest BCUT2D eigenvalue weighted by atomic mass is 16.4. The van der Waals surface area contributed by atoms with E-state index in [0.717, 1.165) is 43.0 Å². The maximum atomic E-state index is 11.4. The van der Waals surface area contributed by atoms with Gasteiger partial charge in [-0.1, -0.05) is 37.3 Å². The number of carbonyl (C=O) groups is 1. The zero-order chi connectivity index (χ0) is 16.2. The molecule has 2 heterocycles. The van der Waals surface area contributed by atoms with E-state index in [0.29, 0.717) is 6.42 Å². The predicted octanol–water partition coefficient (Wildman–Crippen LogP) is 3.12. The van der Waals surface area contributed by atoms with E-state index in [1.54, 1.807) is 0 Å². The highest BCUT2D eigenvalue weighted by Gasteiger charge is 2.30. The van der Waals surface area contributed by atoms with Gasteiger partial charge in [-0.3, -0.25) is 9.69 Å².